The van der Waals surface area contributed by atoms with E-state index in [0.29, 0.717) is 11.4 Å². The lowest BCUT2D eigenvalue weighted by Crippen LogP contribution is -2.10. The molecule has 1 amide bonds. The van der Waals surface area contributed by atoms with Crippen molar-refractivity contribution < 1.29 is 9.53 Å². The van der Waals surface area contributed by atoms with Crippen molar-refractivity contribution in [3.8, 4) is 6.07 Å². The van der Waals surface area contributed by atoms with Crippen LogP contribution in [0.3, 0.4) is 0 Å². The first-order valence-electron chi connectivity index (χ1n) is 4.21. The van der Waals surface area contributed by atoms with E-state index in [-0.39, 0.29) is 0 Å². The summed E-state index contributed by atoms with van der Waals surface area (Å²) in [7, 11) is 1.31. The van der Waals surface area contributed by atoms with Gasteiger partial charge in [0.05, 0.1) is 18.9 Å². The van der Waals surface area contributed by atoms with Gasteiger partial charge in [-0.1, -0.05) is 0 Å². The SMILES string of the molecule is COC(=O)Nc1ccc(SCC#N)cc1. The lowest BCUT2D eigenvalue weighted by Gasteiger charge is -2.03. The van der Waals surface area contributed by atoms with Crippen molar-refractivity contribution >= 4 is 23.5 Å². The maximum atomic E-state index is 10.9. The molecular weight excluding hydrogens is 212 g/mol. The topological polar surface area (TPSA) is 62.1 Å². The predicted octanol–water partition coefficient (Wildman–Crippen LogP) is 2.48. The van der Waals surface area contributed by atoms with E-state index in [1.165, 1.54) is 18.9 Å². The van der Waals surface area contributed by atoms with Crippen LogP contribution >= 0.6 is 11.8 Å². The van der Waals surface area contributed by atoms with Gasteiger partial charge in [-0.3, -0.25) is 5.32 Å². The van der Waals surface area contributed by atoms with Gasteiger partial charge in [0, 0.05) is 10.6 Å². The molecule has 0 radical (unpaired) electrons. The Bertz CT molecular complexity index is 370. The molecule has 5 heteroatoms. The molecule has 0 aromatic heterocycles. The maximum absolute atomic E-state index is 10.9. The third-order valence-corrected chi connectivity index (χ3v) is 2.47. The number of carbonyl (C=O) groups excluding carboxylic acids is 1. The summed E-state index contributed by atoms with van der Waals surface area (Å²) in [5, 5.41) is 10.9. The van der Waals surface area contributed by atoms with Crippen molar-refractivity contribution in [1.82, 2.24) is 0 Å². The van der Waals surface area contributed by atoms with Crippen LogP contribution in [0.4, 0.5) is 10.5 Å². The normalized spacial score (nSPS) is 9.07. The van der Waals surface area contributed by atoms with E-state index in [1.54, 1.807) is 12.1 Å². The molecule has 0 bridgehead atoms. The molecule has 0 heterocycles. The number of thioether (sulfide) groups is 1. The summed E-state index contributed by atoms with van der Waals surface area (Å²) in [6.45, 7) is 0. The largest absolute Gasteiger partial charge is 0.453 e. The lowest BCUT2D eigenvalue weighted by atomic mass is 10.3. The summed E-state index contributed by atoms with van der Waals surface area (Å²) in [4.78, 5) is 11.8. The molecule has 1 rings (SSSR count). The molecule has 0 aliphatic carbocycles. The van der Waals surface area contributed by atoms with Gasteiger partial charge >= 0.3 is 6.09 Å². The van der Waals surface area contributed by atoms with Crippen molar-refractivity contribution in [2.75, 3.05) is 18.2 Å². The summed E-state index contributed by atoms with van der Waals surface area (Å²) in [6.07, 6.45) is -0.493. The van der Waals surface area contributed by atoms with Crippen molar-refractivity contribution in [1.29, 1.82) is 5.26 Å². The van der Waals surface area contributed by atoms with E-state index in [4.69, 9.17) is 5.26 Å². The highest BCUT2D eigenvalue weighted by atomic mass is 32.2. The second-order valence-electron chi connectivity index (χ2n) is 2.59. The number of methoxy groups -OCH3 is 1. The summed E-state index contributed by atoms with van der Waals surface area (Å²) in [6, 6.07) is 9.25. The fourth-order valence-electron chi connectivity index (χ4n) is 0.919. The third kappa shape index (κ3) is 3.92. The summed E-state index contributed by atoms with van der Waals surface area (Å²) < 4.78 is 4.45. The van der Waals surface area contributed by atoms with Crippen LogP contribution in [0.25, 0.3) is 0 Å². The molecule has 78 valence electrons. The number of anilines is 1. The second kappa shape index (κ2) is 5.94. The van der Waals surface area contributed by atoms with E-state index < -0.39 is 6.09 Å². The van der Waals surface area contributed by atoms with Crippen LogP contribution in [-0.2, 0) is 4.74 Å². The zero-order valence-corrected chi connectivity index (χ0v) is 9.00. The fraction of sp³-hybridized carbons (Fsp3) is 0.200. The van der Waals surface area contributed by atoms with Crippen molar-refractivity contribution in [3.05, 3.63) is 24.3 Å². The van der Waals surface area contributed by atoms with Crippen LogP contribution in [0.15, 0.2) is 29.2 Å². The highest BCUT2D eigenvalue weighted by Crippen LogP contribution is 2.19. The highest BCUT2D eigenvalue weighted by Gasteiger charge is 2.00. The summed E-state index contributed by atoms with van der Waals surface area (Å²) >= 11 is 1.45. The number of rotatable bonds is 3. The Morgan fingerprint density at radius 3 is 2.73 bits per heavy atom. The van der Waals surface area contributed by atoms with Crippen LogP contribution < -0.4 is 5.32 Å². The number of hydrogen-bond donors (Lipinski definition) is 1. The van der Waals surface area contributed by atoms with E-state index >= 15 is 0 Å². The molecule has 0 aliphatic heterocycles. The molecule has 15 heavy (non-hydrogen) atoms. The first-order valence-corrected chi connectivity index (χ1v) is 5.19. The Kier molecular flexibility index (Phi) is 4.51. The van der Waals surface area contributed by atoms with E-state index in [0.717, 1.165) is 4.90 Å². The van der Waals surface area contributed by atoms with Crippen LogP contribution in [0.1, 0.15) is 0 Å². The summed E-state index contributed by atoms with van der Waals surface area (Å²) in [5.74, 6) is 0.420. The summed E-state index contributed by atoms with van der Waals surface area (Å²) in [5.41, 5.74) is 0.670. The molecular formula is C10H10N2O2S. The number of nitrogens with zero attached hydrogens (tertiary/aromatic N) is 1. The number of carbonyl (C=O) groups is 1. The number of amides is 1. The van der Waals surface area contributed by atoms with E-state index in [2.05, 4.69) is 10.1 Å². The third-order valence-electron chi connectivity index (χ3n) is 1.59. The van der Waals surface area contributed by atoms with Gasteiger partial charge < -0.3 is 4.74 Å². The molecule has 0 saturated carbocycles. The molecule has 0 fully saturated rings. The molecule has 1 aromatic rings. The zero-order valence-electron chi connectivity index (χ0n) is 8.19. The Morgan fingerprint density at radius 2 is 2.20 bits per heavy atom. The Morgan fingerprint density at radius 1 is 1.53 bits per heavy atom. The van der Waals surface area contributed by atoms with E-state index in [9.17, 15) is 4.79 Å². The van der Waals surface area contributed by atoms with Crippen molar-refractivity contribution in [3.63, 3.8) is 0 Å². The van der Waals surface area contributed by atoms with Crippen molar-refractivity contribution in [2.45, 2.75) is 4.90 Å². The zero-order chi connectivity index (χ0) is 11.1. The number of benzene rings is 1. The van der Waals surface area contributed by atoms with Gasteiger partial charge in [-0.2, -0.15) is 5.26 Å². The van der Waals surface area contributed by atoms with E-state index in [1.807, 2.05) is 18.2 Å². The smallest absolute Gasteiger partial charge is 0.411 e. The number of nitriles is 1. The molecule has 0 saturated heterocycles. The van der Waals surface area contributed by atoms with Crippen LogP contribution in [0.5, 0.6) is 0 Å². The van der Waals surface area contributed by atoms with Gasteiger partial charge in [-0.25, -0.2) is 4.79 Å². The Hall–Kier alpha value is -1.67. The lowest BCUT2D eigenvalue weighted by molar-refractivity contribution is 0.187. The van der Waals surface area contributed by atoms with Crippen LogP contribution in [0, 0.1) is 11.3 Å². The predicted molar refractivity (Wildman–Crippen MR) is 58.8 cm³/mol. The molecule has 1 N–H and O–H groups in total. The van der Waals surface area contributed by atoms with Crippen LogP contribution in [0.2, 0.25) is 0 Å². The first-order chi connectivity index (χ1) is 7.26. The van der Waals surface area contributed by atoms with Gasteiger partial charge in [0.15, 0.2) is 0 Å². The Balaban J connectivity index is 2.57. The number of hydrogen-bond acceptors (Lipinski definition) is 4. The molecule has 0 atom stereocenters. The highest BCUT2D eigenvalue weighted by molar-refractivity contribution is 7.99. The average Bonchev–Trinajstić information content (AvgIpc) is 2.28. The standard InChI is InChI=1S/C10H10N2O2S/c1-14-10(13)12-8-2-4-9(5-3-8)15-7-6-11/h2-5H,7H2,1H3,(H,12,13). The monoisotopic (exact) mass is 222 g/mol. The molecule has 0 unspecified atom stereocenters. The fourth-order valence-corrected chi connectivity index (χ4v) is 1.48. The number of ether oxygens (including phenoxy) is 1. The Labute approximate surface area is 92.2 Å². The van der Waals surface area contributed by atoms with Gasteiger partial charge in [0.1, 0.15) is 0 Å². The van der Waals surface area contributed by atoms with Gasteiger partial charge in [-0.05, 0) is 24.3 Å². The number of nitrogens with one attached hydrogen (secondary N) is 1. The average molecular weight is 222 g/mol. The first kappa shape index (κ1) is 11.4. The van der Waals surface area contributed by atoms with Gasteiger partial charge in [-0.15, -0.1) is 11.8 Å². The van der Waals surface area contributed by atoms with Gasteiger partial charge in [0.2, 0.25) is 0 Å². The molecule has 0 spiro atoms. The minimum Gasteiger partial charge on any atom is -0.453 e. The minimum atomic E-state index is -0.493. The molecule has 4 nitrogen and oxygen atoms in total. The maximum Gasteiger partial charge on any atom is 0.411 e. The van der Waals surface area contributed by atoms with Gasteiger partial charge in [0.25, 0.3) is 0 Å². The molecule has 1 aromatic carbocycles. The van der Waals surface area contributed by atoms with Crippen molar-refractivity contribution in [2.24, 2.45) is 0 Å². The second-order valence-corrected chi connectivity index (χ2v) is 3.64. The minimum absolute atomic E-state index is 0.420. The molecule has 0 aliphatic rings. The van der Waals surface area contributed by atoms with Crippen LogP contribution in [-0.4, -0.2) is 19.0 Å². The quantitative estimate of drug-likeness (QED) is 0.798.